The van der Waals surface area contributed by atoms with Gasteiger partial charge in [0.25, 0.3) is 0 Å². The van der Waals surface area contributed by atoms with E-state index in [-0.39, 0.29) is 5.91 Å². The molecule has 1 atom stereocenters. The summed E-state index contributed by atoms with van der Waals surface area (Å²) in [5, 5.41) is 4.65. The number of anilines is 1. The van der Waals surface area contributed by atoms with Gasteiger partial charge in [0.1, 0.15) is 0 Å². The molecule has 1 fully saturated rings. The number of fused-ring (bicyclic) bond motifs is 1. The van der Waals surface area contributed by atoms with Crippen molar-refractivity contribution < 1.29 is 4.79 Å². The number of amides is 1. The number of hydrogen-bond acceptors (Lipinski definition) is 3. The van der Waals surface area contributed by atoms with E-state index in [1.54, 1.807) is 6.92 Å². The van der Waals surface area contributed by atoms with E-state index < -0.39 is 0 Å². The van der Waals surface area contributed by atoms with Crippen LogP contribution in [-0.2, 0) is 4.79 Å². The minimum atomic E-state index is 0.0344. The lowest BCUT2D eigenvalue weighted by atomic mass is 9.97. The highest BCUT2D eigenvalue weighted by Gasteiger charge is 2.22. The Morgan fingerprint density at radius 3 is 3.13 bits per heavy atom. The van der Waals surface area contributed by atoms with Crippen LogP contribution in [0.3, 0.4) is 0 Å². The van der Waals surface area contributed by atoms with Crippen LogP contribution < -0.4 is 10.2 Å². The van der Waals surface area contributed by atoms with Crippen molar-refractivity contribution in [3.8, 4) is 0 Å². The topological polar surface area (TPSA) is 45.2 Å². The van der Waals surface area contributed by atoms with Gasteiger partial charge in [0.2, 0.25) is 5.91 Å². The maximum absolute atomic E-state index is 11.1. The number of rotatable bonds is 3. The molecule has 0 aliphatic carbocycles. The van der Waals surface area contributed by atoms with E-state index in [1.165, 1.54) is 0 Å². The Hall–Kier alpha value is -1.33. The number of pyridine rings is 1. The van der Waals surface area contributed by atoms with Gasteiger partial charge in [-0.05, 0) is 37.0 Å². The maximum atomic E-state index is 11.1. The number of hydrogen-bond donors (Lipinski definition) is 1. The summed E-state index contributed by atoms with van der Waals surface area (Å²) in [5.74, 6) is 0.505. The molecule has 1 aromatic heterocycles. The highest BCUT2D eigenvalue weighted by molar-refractivity contribution is 9.10. The molecular weight excluding hydrogens is 378 g/mol. The van der Waals surface area contributed by atoms with Crippen molar-refractivity contribution in [1.82, 2.24) is 10.3 Å². The number of halogens is 2. The summed E-state index contributed by atoms with van der Waals surface area (Å²) < 4.78 is 0.955. The molecule has 0 spiro atoms. The molecule has 2 aromatic rings. The highest BCUT2D eigenvalue weighted by Crippen LogP contribution is 2.34. The Kier molecular flexibility index (Phi) is 5.07. The van der Waals surface area contributed by atoms with E-state index in [1.807, 2.05) is 18.3 Å². The number of carbonyl (C=O) groups is 1. The zero-order valence-corrected chi connectivity index (χ0v) is 15.3. The molecule has 4 nitrogen and oxygen atoms in total. The van der Waals surface area contributed by atoms with E-state index in [4.69, 9.17) is 11.6 Å². The first kappa shape index (κ1) is 16.5. The summed E-state index contributed by atoms with van der Waals surface area (Å²) in [6.07, 6.45) is 4.08. The van der Waals surface area contributed by atoms with Gasteiger partial charge in [0.05, 0.1) is 10.5 Å². The van der Waals surface area contributed by atoms with Crippen molar-refractivity contribution in [2.45, 2.75) is 19.8 Å². The molecule has 2 heterocycles. The first-order valence-corrected chi connectivity index (χ1v) is 8.95. The minimum absolute atomic E-state index is 0.0344. The summed E-state index contributed by atoms with van der Waals surface area (Å²) in [6, 6.07) is 5.99. The zero-order valence-electron chi connectivity index (χ0n) is 13.0. The third-order valence-electron chi connectivity index (χ3n) is 4.24. The standard InChI is InChI=1S/C17H19BrClN3O/c1-11(23)21-9-12-3-2-6-22(10-12)16-4-5-20-17-14(16)7-13(18)8-15(17)19/h4-5,7-8,12H,2-3,6,9-10H2,1H3,(H,21,23). The molecular formula is C17H19BrClN3O. The van der Waals surface area contributed by atoms with Gasteiger partial charge in [-0.1, -0.05) is 27.5 Å². The van der Waals surface area contributed by atoms with E-state index in [9.17, 15) is 4.79 Å². The van der Waals surface area contributed by atoms with E-state index in [0.717, 1.165) is 53.5 Å². The largest absolute Gasteiger partial charge is 0.371 e. The predicted molar refractivity (Wildman–Crippen MR) is 98.1 cm³/mol. The first-order chi connectivity index (χ1) is 11.0. The molecule has 122 valence electrons. The fourth-order valence-corrected chi connectivity index (χ4v) is 4.04. The summed E-state index contributed by atoms with van der Waals surface area (Å²) in [6.45, 7) is 4.25. The third-order valence-corrected chi connectivity index (χ3v) is 4.99. The lowest BCUT2D eigenvalue weighted by molar-refractivity contribution is -0.119. The fourth-order valence-electron chi connectivity index (χ4n) is 3.18. The zero-order chi connectivity index (χ0) is 16.4. The fraction of sp³-hybridized carbons (Fsp3) is 0.412. The molecule has 1 amide bonds. The summed E-state index contributed by atoms with van der Waals surface area (Å²) in [5.41, 5.74) is 1.99. The van der Waals surface area contributed by atoms with Crippen LogP contribution in [0.5, 0.6) is 0 Å². The molecule has 1 unspecified atom stereocenters. The number of aromatic nitrogens is 1. The van der Waals surface area contributed by atoms with Crippen LogP contribution in [-0.4, -0.2) is 30.5 Å². The van der Waals surface area contributed by atoms with Gasteiger partial charge in [-0.25, -0.2) is 0 Å². The van der Waals surface area contributed by atoms with Gasteiger partial charge in [-0.15, -0.1) is 0 Å². The smallest absolute Gasteiger partial charge is 0.216 e. The molecule has 6 heteroatoms. The molecule has 0 bridgehead atoms. The third kappa shape index (κ3) is 3.78. The molecule has 1 aliphatic heterocycles. The van der Waals surface area contributed by atoms with Crippen LogP contribution >= 0.6 is 27.5 Å². The number of carbonyl (C=O) groups excluding carboxylic acids is 1. The Balaban J connectivity index is 1.89. The van der Waals surface area contributed by atoms with E-state index in [2.05, 4.69) is 37.2 Å². The second-order valence-electron chi connectivity index (χ2n) is 6.01. The van der Waals surface area contributed by atoms with E-state index >= 15 is 0 Å². The minimum Gasteiger partial charge on any atom is -0.371 e. The van der Waals surface area contributed by atoms with E-state index in [0.29, 0.717) is 10.9 Å². The molecule has 1 N–H and O–H groups in total. The number of benzene rings is 1. The summed E-state index contributed by atoms with van der Waals surface area (Å²) >= 11 is 9.84. The molecule has 1 aliphatic rings. The number of nitrogens with one attached hydrogen (secondary N) is 1. The lowest BCUT2D eigenvalue weighted by Crippen LogP contribution is -2.40. The van der Waals surface area contributed by atoms with Crippen LogP contribution in [0.25, 0.3) is 10.9 Å². The van der Waals surface area contributed by atoms with Crippen LogP contribution in [0.1, 0.15) is 19.8 Å². The molecule has 0 saturated carbocycles. The number of piperidine rings is 1. The van der Waals surface area contributed by atoms with Gasteiger partial charge in [-0.3, -0.25) is 9.78 Å². The van der Waals surface area contributed by atoms with Crippen molar-refractivity contribution in [1.29, 1.82) is 0 Å². The monoisotopic (exact) mass is 395 g/mol. The molecule has 1 aromatic carbocycles. The van der Waals surface area contributed by atoms with Gasteiger partial charge in [0.15, 0.2) is 0 Å². The van der Waals surface area contributed by atoms with Crippen LogP contribution in [0, 0.1) is 5.92 Å². The van der Waals surface area contributed by atoms with Gasteiger partial charge >= 0.3 is 0 Å². The van der Waals surface area contributed by atoms with Gasteiger partial charge < -0.3 is 10.2 Å². The second-order valence-corrected chi connectivity index (χ2v) is 7.33. The Morgan fingerprint density at radius 2 is 2.35 bits per heavy atom. The SMILES string of the molecule is CC(=O)NCC1CCCN(c2ccnc3c(Cl)cc(Br)cc23)C1. The van der Waals surface area contributed by atoms with Gasteiger partial charge in [-0.2, -0.15) is 0 Å². The van der Waals surface area contributed by atoms with Crippen molar-refractivity contribution in [3.63, 3.8) is 0 Å². The quantitative estimate of drug-likeness (QED) is 0.853. The van der Waals surface area contributed by atoms with Crippen LogP contribution in [0.2, 0.25) is 5.02 Å². The second kappa shape index (κ2) is 7.05. The molecule has 1 saturated heterocycles. The average molecular weight is 397 g/mol. The Bertz CT molecular complexity index is 737. The Labute approximate surface area is 149 Å². The molecule has 23 heavy (non-hydrogen) atoms. The number of nitrogens with zero attached hydrogens (tertiary/aromatic N) is 2. The van der Waals surface area contributed by atoms with Crippen molar-refractivity contribution in [2.24, 2.45) is 5.92 Å². The lowest BCUT2D eigenvalue weighted by Gasteiger charge is -2.35. The van der Waals surface area contributed by atoms with Crippen molar-refractivity contribution in [3.05, 3.63) is 33.9 Å². The molecule has 3 rings (SSSR count). The summed E-state index contributed by atoms with van der Waals surface area (Å²) in [7, 11) is 0. The Morgan fingerprint density at radius 1 is 1.52 bits per heavy atom. The predicted octanol–water partition coefficient (Wildman–Crippen LogP) is 4.00. The normalized spacial score (nSPS) is 18.2. The average Bonchev–Trinajstić information content (AvgIpc) is 2.52. The maximum Gasteiger partial charge on any atom is 0.216 e. The molecule has 0 radical (unpaired) electrons. The van der Waals surface area contributed by atoms with Gasteiger partial charge in [0, 0.05) is 48.3 Å². The highest BCUT2D eigenvalue weighted by atomic mass is 79.9. The summed E-state index contributed by atoms with van der Waals surface area (Å²) in [4.78, 5) is 17.9. The van der Waals surface area contributed by atoms with Crippen LogP contribution in [0.15, 0.2) is 28.9 Å². The van der Waals surface area contributed by atoms with Crippen LogP contribution in [0.4, 0.5) is 5.69 Å². The van der Waals surface area contributed by atoms with Crippen molar-refractivity contribution in [2.75, 3.05) is 24.5 Å². The first-order valence-electron chi connectivity index (χ1n) is 7.77. The van der Waals surface area contributed by atoms with Crippen molar-refractivity contribution >= 4 is 50.0 Å².